The number of hydrogen-bond donors (Lipinski definition) is 2. The lowest BCUT2D eigenvalue weighted by atomic mass is 10.1. The first kappa shape index (κ1) is 14.4. The highest BCUT2D eigenvalue weighted by Crippen LogP contribution is 2.23. The Hall–Kier alpha value is -1.96. The van der Waals surface area contributed by atoms with Crippen LogP contribution in [0.4, 0.5) is 0 Å². The second kappa shape index (κ2) is 5.58. The predicted molar refractivity (Wildman–Crippen MR) is 64.5 cm³/mol. The van der Waals surface area contributed by atoms with Gasteiger partial charge in [0.1, 0.15) is 18.7 Å². The molecule has 110 valence electrons. The lowest BCUT2D eigenvalue weighted by molar-refractivity contribution is -0.161. The Morgan fingerprint density at radius 3 is 2.55 bits per heavy atom. The van der Waals surface area contributed by atoms with Crippen LogP contribution in [0.5, 0.6) is 0 Å². The molecule has 0 aromatic heterocycles. The van der Waals surface area contributed by atoms with Crippen molar-refractivity contribution in [1.82, 2.24) is 10.2 Å². The molecule has 0 radical (unpaired) electrons. The molecule has 0 aromatic carbocycles. The molecule has 2 fully saturated rings. The molecule has 0 saturated carbocycles. The van der Waals surface area contributed by atoms with Crippen molar-refractivity contribution in [3.63, 3.8) is 0 Å². The minimum absolute atomic E-state index is 0.208. The number of hydrogen-bond acceptors (Lipinski definition) is 5. The third kappa shape index (κ3) is 2.64. The van der Waals surface area contributed by atoms with Crippen molar-refractivity contribution < 1.29 is 29.0 Å². The number of amides is 3. The van der Waals surface area contributed by atoms with Crippen molar-refractivity contribution >= 4 is 23.7 Å². The number of carbonyl (C=O) groups is 4. The molecule has 2 aliphatic rings. The van der Waals surface area contributed by atoms with Crippen molar-refractivity contribution in [2.45, 2.75) is 44.4 Å². The Labute approximate surface area is 115 Å². The van der Waals surface area contributed by atoms with Crippen LogP contribution in [0.1, 0.15) is 26.2 Å². The van der Waals surface area contributed by atoms with Crippen molar-refractivity contribution in [3.05, 3.63) is 0 Å². The molecule has 3 unspecified atom stereocenters. The molecule has 0 spiro atoms. The van der Waals surface area contributed by atoms with Gasteiger partial charge in [-0.3, -0.25) is 19.7 Å². The van der Waals surface area contributed by atoms with Gasteiger partial charge in [-0.05, 0) is 19.3 Å². The molecule has 2 aliphatic heterocycles. The summed E-state index contributed by atoms with van der Waals surface area (Å²) in [5, 5.41) is 11.0. The number of carboxylic acids is 1. The summed E-state index contributed by atoms with van der Waals surface area (Å²) in [6.45, 7) is 1.52. The van der Waals surface area contributed by atoms with E-state index in [0.29, 0.717) is 6.42 Å². The number of aliphatic carboxylic acids is 1. The molecular weight excluding hydrogens is 268 g/mol. The minimum atomic E-state index is -1.11. The Morgan fingerprint density at radius 1 is 1.35 bits per heavy atom. The zero-order valence-corrected chi connectivity index (χ0v) is 11.0. The standard InChI is InChI=1S/C12H16N2O6/c1-2-6-10(16)13-9(15)5-14(6)11(17)7-3-4-8(20-7)12(18)19/h6-8H,2-5H2,1H3,(H,18,19)(H,13,15,16). The Morgan fingerprint density at radius 2 is 2.00 bits per heavy atom. The quantitative estimate of drug-likeness (QED) is 0.635. The summed E-state index contributed by atoms with van der Waals surface area (Å²) in [5.74, 6) is -2.66. The molecule has 0 aliphatic carbocycles. The first-order chi connectivity index (χ1) is 9.43. The summed E-state index contributed by atoms with van der Waals surface area (Å²) in [5.41, 5.74) is 0. The maximum Gasteiger partial charge on any atom is 0.332 e. The monoisotopic (exact) mass is 284 g/mol. The van der Waals surface area contributed by atoms with Crippen molar-refractivity contribution in [2.24, 2.45) is 0 Å². The highest BCUT2D eigenvalue weighted by Gasteiger charge is 2.42. The van der Waals surface area contributed by atoms with Crippen LogP contribution in [-0.4, -0.2) is 58.5 Å². The van der Waals surface area contributed by atoms with E-state index in [1.54, 1.807) is 6.92 Å². The van der Waals surface area contributed by atoms with Gasteiger partial charge in [0.25, 0.3) is 5.91 Å². The molecule has 3 amide bonds. The van der Waals surface area contributed by atoms with Gasteiger partial charge < -0.3 is 14.7 Å². The lowest BCUT2D eigenvalue weighted by Crippen LogP contribution is -2.61. The van der Waals surface area contributed by atoms with Gasteiger partial charge >= 0.3 is 5.97 Å². The zero-order valence-electron chi connectivity index (χ0n) is 11.0. The minimum Gasteiger partial charge on any atom is -0.479 e. The molecule has 2 rings (SSSR count). The summed E-state index contributed by atoms with van der Waals surface area (Å²) in [4.78, 5) is 47.3. The molecular formula is C12H16N2O6. The molecule has 8 nitrogen and oxygen atoms in total. The second-order valence-electron chi connectivity index (χ2n) is 4.83. The van der Waals surface area contributed by atoms with Crippen molar-refractivity contribution in [3.8, 4) is 0 Å². The SMILES string of the molecule is CCC1C(=O)NC(=O)CN1C(=O)C1CCC(C(=O)O)O1. The first-order valence-corrected chi connectivity index (χ1v) is 6.46. The smallest absolute Gasteiger partial charge is 0.332 e. The van der Waals surface area contributed by atoms with Gasteiger partial charge in [0, 0.05) is 0 Å². The van der Waals surface area contributed by atoms with Crippen LogP contribution in [0.3, 0.4) is 0 Å². The van der Waals surface area contributed by atoms with Crippen LogP contribution >= 0.6 is 0 Å². The maximum absolute atomic E-state index is 12.3. The van der Waals surface area contributed by atoms with Gasteiger partial charge in [0.2, 0.25) is 11.8 Å². The number of nitrogens with zero attached hydrogens (tertiary/aromatic N) is 1. The average molecular weight is 284 g/mol. The van der Waals surface area contributed by atoms with Crippen LogP contribution in [0.25, 0.3) is 0 Å². The van der Waals surface area contributed by atoms with E-state index in [-0.39, 0.29) is 19.4 Å². The molecule has 0 aromatic rings. The van der Waals surface area contributed by atoms with Gasteiger partial charge in [-0.25, -0.2) is 4.79 Å². The zero-order chi connectivity index (χ0) is 14.9. The molecule has 2 saturated heterocycles. The molecule has 2 heterocycles. The summed E-state index contributed by atoms with van der Waals surface area (Å²) in [7, 11) is 0. The Balaban J connectivity index is 2.09. The van der Waals surface area contributed by atoms with Gasteiger partial charge in [0.05, 0.1) is 0 Å². The predicted octanol–water partition coefficient (Wildman–Crippen LogP) is -1.12. The number of nitrogens with one attached hydrogen (secondary N) is 1. The molecule has 2 N–H and O–H groups in total. The van der Waals surface area contributed by atoms with Crippen LogP contribution < -0.4 is 5.32 Å². The fraction of sp³-hybridized carbons (Fsp3) is 0.667. The first-order valence-electron chi connectivity index (χ1n) is 6.46. The highest BCUT2D eigenvalue weighted by atomic mass is 16.5. The second-order valence-corrected chi connectivity index (χ2v) is 4.83. The number of ether oxygens (including phenoxy) is 1. The third-order valence-electron chi connectivity index (χ3n) is 3.50. The van der Waals surface area contributed by atoms with Crippen LogP contribution in [0.15, 0.2) is 0 Å². The summed E-state index contributed by atoms with van der Waals surface area (Å²) in [6, 6.07) is -0.715. The van der Waals surface area contributed by atoms with Crippen LogP contribution in [-0.2, 0) is 23.9 Å². The van der Waals surface area contributed by atoms with Gasteiger partial charge in [0.15, 0.2) is 6.10 Å². The van der Waals surface area contributed by atoms with Crippen LogP contribution in [0, 0.1) is 0 Å². The van der Waals surface area contributed by atoms with E-state index in [2.05, 4.69) is 5.32 Å². The Kier molecular flexibility index (Phi) is 4.03. The summed E-state index contributed by atoms with van der Waals surface area (Å²) >= 11 is 0. The molecule has 3 atom stereocenters. The Bertz CT molecular complexity index is 463. The summed E-state index contributed by atoms with van der Waals surface area (Å²) in [6.07, 6.45) is -1.00. The van der Waals surface area contributed by atoms with E-state index in [4.69, 9.17) is 9.84 Å². The van der Waals surface area contributed by atoms with Crippen LogP contribution in [0.2, 0.25) is 0 Å². The number of carbonyl (C=O) groups excluding carboxylic acids is 3. The number of rotatable bonds is 3. The van der Waals surface area contributed by atoms with Crippen molar-refractivity contribution in [1.29, 1.82) is 0 Å². The van der Waals surface area contributed by atoms with E-state index in [9.17, 15) is 19.2 Å². The molecule has 8 heteroatoms. The molecule has 0 bridgehead atoms. The largest absolute Gasteiger partial charge is 0.479 e. The highest BCUT2D eigenvalue weighted by molar-refractivity contribution is 6.04. The van der Waals surface area contributed by atoms with Gasteiger partial charge in [-0.1, -0.05) is 6.92 Å². The van der Waals surface area contributed by atoms with E-state index < -0.39 is 41.9 Å². The number of imide groups is 1. The van der Waals surface area contributed by atoms with Gasteiger partial charge in [-0.15, -0.1) is 0 Å². The number of piperazine rings is 1. The number of carboxylic acid groups (broad SMARTS) is 1. The normalized spacial score (nSPS) is 30.2. The lowest BCUT2D eigenvalue weighted by Gasteiger charge is -2.34. The maximum atomic E-state index is 12.3. The fourth-order valence-corrected chi connectivity index (χ4v) is 2.49. The topological polar surface area (TPSA) is 113 Å². The van der Waals surface area contributed by atoms with E-state index >= 15 is 0 Å². The molecule has 20 heavy (non-hydrogen) atoms. The van der Waals surface area contributed by atoms with Gasteiger partial charge in [-0.2, -0.15) is 0 Å². The van der Waals surface area contributed by atoms with Crippen molar-refractivity contribution in [2.75, 3.05) is 6.54 Å². The summed E-state index contributed by atoms with van der Waals surface area (Å²) < 4.78 is 5.17. The van der Waals surface area contributed by atoms with E-state index in [1.807, 2.05) is 0 Å². The third-order valence-corrected chi connectivity index (χ3v) is 3.50. The van der Waals surface area contributed by atoms with E-state index in [1.165, 1.54) is 4.90 Å². The average Bonchev–Trinajstić information content (AvgIpc) is 2.86. The fourth-order valence-electron chi connectivity index (χ4n) is 2.49. The van der Waals surface area contributed by atoms with E-state index in [0.717, 1.165) is 0 Å².